The third-order valence-corrected chi connectivity index (χ3v) is 4.95. The number of carbonyl (C=O) groups excluding carboxylic acids is 1. The number of aryl methyl sites for hydroxylation is 1. The highest BCUT2D eigenvalue weighted by atomic mass is 16.5. The van der Waals surface area contributed by atoms with Crippen molar-refractivity contribution >= 4 is 16.8 Å². The number of hydrogen-bond donors (Lipinski definition) is 1. The van der Waals surface area contributed by atoms with Gasteiger partial charge in [0.25, 0.3) is 5.91 Å². The molecule has 24 heavy (non-hydrogen) atoms. The van der Waals surface area contributed by atoms with Gasteiger partial charge in [-0.15, -0.1) is 0 Å². The van der Waals surface area contributed by atoms with Crippen LogP contribution in [0.4, 0.5) is 0 Å². The topological polar surface area (TPSA) is 51.2 Å². The summed E-state index contributed by atoms with van der Waals surface area (Å²) in [5.41, 5.74) is 4.02. The summed E-state index contributed by atoms with van der Waals surface area (Å²) in [5.74, 6) is 0.833. The molecule has 0 aliphatic heterocycles. The number of nitrogens with one attached hydrogen (secondary N) is 1. The maximum Gasteiger partial charge on any atom is 0.252 e. The van der Waals surface area contributed by atoms with Gasteiger partial charge in [0.1, 0.15) is 0 Å². The van der Waals surface area contributed by atoms with Crippen LogP contribution in [-0.2, 0) is 17.6 Å². The van der Waals surface area contributed by atoms with E-state index >= 15 is 0 Å². The molecule has 0 radical (unpaired) electrons. The predicted molar refractivity (Wildman–Crippen MR) is 94.3 cm³/mol. The molecule has 4 nitrogen and oxygen atoms in total. The molecular formula is C20H24N2O2. The molecule has 2 aliphatic rings. The van der Waals surface area contributed by atoms with Crippen LogP contribution in [0.3, 0.4) is 0 Å². The summed E-state index contributed by atoms with van der Waals surface area (Å²) in [7, 11) is 0. The molecule has 4 heteroatoms. The maximum absolute atomic E-state index is 12.8. The van der Waals surface area contributed by atoms with Crippen LogP contribution >= 0.6 is 0 Å². The SMILES string of the molecule is O=C(NCCCOCC1CC1)c1c2c(nc3ccccc13)CCC2. The Labute approximate surface area is 142 Å². The summed E-state index contributed by atoms with van der Waals surface area (Å²) in [6, 6.07) is 7.97. The van der Waals surface area contributed by atoms with Crippen molar-refractivity contribution in [2.75, 3.05) is 19.8 Å². The van der Waals surface area contributed by atoms with Crippen molar-refractivity contribution in [3.8, 4) is 0 Å². The van der Waals surface area contributed by atoms with Crippen LogP contribution in [0.5, 0.6) is 0 Å². The van der Waals surface area contributed by atoms with Gasteiger partial charge in [-0.1, -0.05) is 18.2 Å². The fraction of sp³-hybridized carbons (Fsp3) is 0.500. The van der Waals surface area contributed by atoms with Gasteiger partial charge in [0, 0.05) is 30.8 Å². The fourth-order valence-corrected chi connectivity index (χ4v) is 3.47. The molecule has 0 atom stereocenters. The molecule has 1 N–H and O–H groups in total. The van der Waals surface area contributed by atoms with Crippen molar-refractivity contribution in [1.29, 1.82) is 0 Å². The normalized spacial score (nSPS) is 16.3. The molecule has 126 valence electrons. The maximum atomic E-state index is 12.8. The third kappa shape index (κ3) is 3.29. The quantitative estimate of drug-likeness (QED) is 0.795. The van der Waals surface area contributed by atoms with E-state index in [2.05, 4.69) is 5.32 Å². The summed E-state index contributed by atoms with van der Waals surface area (Å²) >= 11 is 0. The van der Waals surface area contributed by atoms with E-state index in [9.17, 15) is 4.79 Å². The molecule has 0 saturated heterocycles. The summed E-state index contributed by atoms with van der Waals surface area (Å²) in [6.07, 6.45) is 6.53. The van der Waals surface area contributed by atoms with Crippen LogP contribution in [0.2, 0.25) is 0 Å². The largest absolute Gasteiger partial charge is 0.381 e. The molecule has 2 aliphatic carbocycles. The average molecular weight is 324 g/mol. The van der Waals surface area contributed by atoms with Crippen LogP contribution in [0.25, 0.3) is 10.9 Å². The molecule has 0 unspecified atom stereocenters. The summed E-state index contributed by atoms with van der Waals surface area (Å²) in [5, 5.41) is 4.05. The average Bonchev–Trinajstić information content (AvgIpc) is 3.31. The zero-order valence-electron chi connectivity index (χ0n) is 14.0. The first kappa shape index (κ1) is 15.6. The molecule has 0 bridgehead atoms. The molecule has 0 spiro atoms. The number of amides is 1. The Hall–Kier alpha value is -1.94. The summed E-state index contributed by atoms with van der Waals surface area (Å²) < 4.78 is 5.63. The smallest absolute Gasteiger partial charge is 0.252 e. The lowest BCUT2D eigenvalue weighted by Gasteiger charge is -2.12. The number of para-hydroxylation sites is 1. The van der Waals surface area contributed by atoms with Crippen molar-refractivity contribution < 1.29 is 9.53 Å². The van der Waals surface area contributed by atoms with Gasteiger partial charge in [-0.05, 0) is 56.1 Å². The monoisotopic (exact) mass is 324 g/mol. The molecule has 1 aromatic heterocycles. The van der Waals surface area contributed by atoms with Crippen LogP contribution in [0, 0.1) is 5.92 Å². The van der Waals surface area contributed by atoms with Gasteiger partial charge < -0.3 is 10.1 Å². The van der Waals surface area contributed by atoms with E-state index in [-0.39, 0.29) is 5.91 Å². The number of benzene rings is 1. The Kier molecular flexibility index (Phi) is 4.48. The van der Waals surface area contributed by atoms with Crippen molar-refractivity contribution in [3.05, 3.63) is 41.1 Å². The van der Waals surface area contributed by atoms with E-state index in [1.165, 1.54) is 12.8 Å². The second-order valence-corrected chi connectivity index (χ2v) is 6.91. The standard InChI is InChI=1S/C20H24N2O2/c23-20(21-11-4-12-24-13-14-9-10-14)19-15-5-1-2-7-17(15)22-18-8-3-6-16(18)19/h1-2,5,7,14H,3-4,6,8-13H2,(H,21,23). The highest BCUT2D eigenvalue weighted by Crippen LogP contribution is 2.30. The van der Waals surface area contributed by atoms with Crippen molar-refractivity contribution in [2.45, 2.75) is 38.5 Å². The minimum absolute atomic E-state index is 0.0361. The lowest BCUT2D eigenvalue weighted by atomic mass is 10.0. The number of hydrogen-bond acceptors (Lipinski definition) is 3. The van der Waals surface area contributed by atoms with Crippen molar-refractivity contribution in [2.24, 2.45) is 5.92 Å². The van der Waals surface area contributed by atoms with Gasteiger partial charge in [-0.25, -0.2) is 0 Å². The second kappa shape index (κ2) is 6.89. The van der Waals surface area contributed by atoms with E-state index in [1.807, 2.05) is 24.3 Å². The molecule has 1 fully saturated rings. The molecule has 1 amide bonds. The number of ether oxygens (including phenoxy) is 1. The second-order valence-electron chi connectivity index (χ2n) is 6.91. The van der Waals surface area contributed by atoms with Crippen molar-refractivity contribution in [3.63, 3.8) is 0 Å². The highest BCUT2D eigenvalue weighted by molar-refractivity contribution is 6.07. The Morgan fingerprint density at radius 1 is 1.25 bits per heavy atom. The highest BCUT2D eigenvalue weighted by Gasteiger charge is 2.23. The zero-order chi connectivity index (χ0) is 16.4. The number of fused-ring (bicyclic) bond motifs is 2. The third-order valence-electron chi connectivity index (χ3n) is 4.95. The van der Waals surface area contributed by atoms with Gasteiger partial charge in [-0.2, -0.15) is 0 Å². The van der Waals surface area contributed by atoms with Crippen LogP contribution in [-0.4, -0.2) is 30.6 Å². The van der Waals surface area contributed by atoms with Gasteiger partial charge in [0.05, 0.1) is 11.1 Å². The molecule has 1 heterocycles. The van der Waals surface area contributed by atoms with Crippen LogP contribution in [0.1, 0.15) is 47.3 Å². The number of carbonyl (C=O) groups is 1. The molecule has 1 aromatic carbocycles. The van der Waals surface area contributed by atoms with Gasteiger partial charge in [0.15, 0.2) is 0 Å². The summed E-state index contributed by atoms with van der Waals surface area (Å²) in [4.78, 5) is 17.5. The first-order valence-electron chi connectivity index (χ1n) is 9.09. The Bertz CT molecular complexity index is 753. The number of pyridine rings is 1. The van der Waals surface area contributed by atoms with E-state index in [0.29, 0.717) is 6.54 Å². The van der Waals surface area contributed by atoms with E-state index < -0.39 is 0 Å². The Morgan fingerprint density at radius 2 is 2.12 bits per heavy atom. The fourth-order valence-electron chi connectivity index (χ4n) is 3.47. The van der Waals surface area contributed by atoms with Crippen LogP contribution in [0.15, 0.2) is 24.3 Å². The summed E-state index contributed by atoms with van der Waals surface area (Å²) in [6.45, 7) is 2.28. The lowest BCUT2D eigenvalue weighted by Crippen LogP contribution is -2.27. The van der Waals surface area contributed by atoms with Gasteiger partial charge in [0.2, 0.25) is 0 Å². The predicted octanol–water partition coefficient (Wildman–Crippen LogP) is 3.27. The Morgan fingerprint density at radius 3 is 3.00 bits per heavy atom. The first-order valence-corrected chi connectivity index (χ1v) is 9.09. The zero-order valence-corrected chi connectivity index (χ0v) is 14.0. The lowest BCUT2D eigenvalue weighted by molar-refractivity contribution is 0.0938. The Balaban J connectivity index is 1.43. The molecule has 2 aromatic rings. The molecule has 4 rings (SSSR count). The van der Waals surface area contributed by atoms with E-state index in [0.717, 1.165) is 72.5 Å². The van der Waals surface area contributed by atoms with Crippen LogP contribution < -0.4 is 5.32 Å². The van der Waals surface area contributed by atoms with Crippen molar-refractivity contribution in [1.82, 2.24) is 10.3 Å². The van der Waals surface area contributed by atoms with Gasteiger partial charge >= 0.3 is 0 Å². The first-order chi connectivity index (χ1) is 11.8. The molecule has 1 saturated carbocycles. The number of nitrogens with zero attached hydrogens (tertiary/aromatic N) is 1. The number of aromatic nitrogens is 1. The number of rotatable bonds is 7. The van der Waals surface area contributed by atoms with E-state index in [1.54, 1.807) is 0 Å². The minimum Gasteiger partial charge on any atom is -0.381 e. The van der Waals surface area contributed by atoms with Gasteiger partial charge in [-0.3, -0.25) is 9.78 Å². The molecular weight excluding hydrogens is 300 g/mol. The minimum atomic E-state index is 0.0361. The van der Waals surface area contributed by atoms with E-state index in [4.69, 9.17) is 9.72 Å².